The van der Waals surface area contributed by atoms with E-state index in [1.807, 2.05) is 6.92 Å². The van der Waals surface area contributed by atoms with Crippen LogP contribution in [-0.2, 0) is 10.0 Å². The molecule has 1 rings (SSSR count). The van der Waals surface area contributed by atoms with Gasteiger partial charge in [0.1, 0.15) is 0 Å². The van der Waals surface area contributed by atoms with Gasteiger partial charge in [-0.05, 0) is 32.2 Å². The predicted molar refractivity (Wildman–Crippen MR) is 106 cm³/mol. The zero-order chi connectivity index (χ0) is 18.7. The van der Waals surface area contributed by atoms with Gasteiger partial charge in [0.15, 0.2) is 5.96 Å². The first-order valence-electron chi connectivity index (χ1n) is 9.56. The maximum atomic E-state index is 11.6. The Bertz CT molecular complexity index is 495. The van der Waals surface area contributed by atoms with E-state index in [1.165, 1.54) is 42.8 Å². The molecule has 1 aliphatic heterocycles. The van der Waals surface area contributed by atoms with E-state index in [4.69, 9.17) is 0 Å². The van der Waals surface area contributed by atoms with E-state index in [0.29, 0.717) is 19.6 Å². The summed E-state index contributed by atoms with van der Waals surface area (Å²) in [6.07, 6.45) is 7.21. The number of piperidine rings is 1. The second-order valence-electron chi connectivity index (χ2n) is 6.63. The molecule has 0 aliphatic carbocycles. The average Bonchev–Trinajstić information content (AvgIpc) is 2.59. The van der Waals surface area contributed by atoms with Crippen molar-refractivity contribution in [3.8, 4) is 0 Å². The molecule has 0 aromatic carbocycles. The minimum absolute atomic E-state index is 0.514. The summed E-state index contributed by atoms with van der Waals surface area (Å²) in [6.45, 7) is 8.99. The van der Waals surface area contributed by atoms with Gasteiger partial charge in [0.25, 0.3) is 0 Å². The lowest BCUT2D eigenvalue weighted by atomic mass is 10.0. The van der Waals surface area contributed by atoms with Crippen LogP contribution in [0.5, 0.6) is 0 Å². The topological polar surface area (TPSA) is 77.0 Å². The molecule has 0 aromatic rings. The highest BCUT2D eigenvalue weighted by atomic mass is 32.2. The highest BCUT2D eigenvalue weighted by Gasteiger charge is 2.20. The van der Waals surface area contributed by atoms with Crippen LogP contribution in [0, 0.1) is 0 Å². The van der Waals surface area contributed by atoms with Crippen molar-refractivity contribution >= 4 is 16.0 Å². The summed E-state index contributed by atoms with van der Waals surface area (Å²) in [5, 5.41) is 6.62. The van der Waals surface area contributed by atoms with Crippen LogP contribution in [0.4, 0.5) is 0 Å². The third-order valence-electron chi connectivity index (χ3n) is 4.83. The van der Waals surface area contributed by atoms with Gasteiger partial charge in [-0.1, -0.05) is 20.3 Å². The van der Waals surface area contributed by atoms with Gasteiger partial charge >= 0.3 is 0 Å². The van der Waals surface area contributed by atoms with Crippen molar-refractivity contribution in [3.63, 3.8) is 0 Å². The Morgan fingerprint density at radius 1 is 1.24 bits per heavy atom. The normalized spacial score (nSPS) is 20.0. The molecule has 1 aliphatic rings. The van der Waals surface area contributed by atoms with Crippen LogP contribution in [-0.4, -0.2) is 82.2 Å². The second kappa shape index (κ2) is 11.7. The molecule has 0 bridgehead atoms. The van der Waals surface area contributed by atoms with Gasteiger partial charge < -0.3 is 10.6 Å². The summed E-state index contributed by atoms with van der Waals surface area (Å²) in [6, 6.07) is 0.724. The van der Waals surface area contributed by atoms with E-state index >= 15 is 0 Å². The van der Waals surface area contributed by atoms with Gasteiger partial charge in [0.05, 0.1) is 6.26 Å². The molecule has 8 heteroatoms. The first kappa shape index (κ1) is 22.2. The summed E-state index contributed by atoms with van der Waals surface area (Å²) in [4.78, 5) is 6.82. The third-order valence-corrected chi connectivity index (χ3v) is 6.21. The van der Waals surface area contributed by atoms with Crippen molar-refractivity contribution < 1.29 is 8.42 Å². The first-order valence-corrected chi connectivity index (χ1v) is 11.4. The lowest BCUT2D eigenvalue weighted by Gasteiger charge is -2.35. The molecule has 1 unspecified atom stereocenters. The molecule has 1 fully saturated rings. The summed E-state index contributed by atoms with van der Waals surface area (Å²) in [5.74, 6) is 0.785. The summed E-state index contributed by atoms with van der Waals surface area (Å²) in [5.41, 5.74) is 0. The Morgan fingerprint density at radius 3 is 2.56 bits per heavy atom. The number of nitrogens with zero attached hydrogens (tertiary/aromatic N) is 3. The fourth-order valence-corrected chi connectivity index (χ4v) is 4.31. The smallest absolute Gasteiger partial charge is 0.211 e. The zero-order valence-corrected chi connectivity index (χ0v) is 17.2. The molecular weight excluding hydrogens is 338 g/mol. The van der Waals surface area contributed by atoms with E-state index in [-0.39, 0.29) is 0 Å². The number of hydrogen-bond donors (Lipinski definition) is 2. The van der Waals surface area contributed by atoms with Crippen molar-refractivity contribution in [1.29, 1.82) is 0 Å². The summed E-state index contributed by atoms with van der Waals surface area (Å²) >= 11 is 0. The Morgan fingerprint density at radius 2 is 1.96 bits per heavy atom. The van der Waals surface area contributed by atoms with Gasteiger partial charge in [0, 0.05) is 45.8 Å². The zero-order valence-electron chi connectivity index (χ0n) is 16.4. The Hall–Kier alpha value is -0.860. The van der Waals surface area contributed by atoms with Gasteiger partial charge in [-0.25, -0.2) is 12.7 Å². The lowest BCUT2D eigenvalue weighted by Crippen LogP contribution is -2.46. The fourth-order valence-electron chi connectivity index (χ4n) is 3.38. The maximum absolute atomic E-state index is 11.6. The average molecular weight is 376 g/mol. The van der Waals surface area contributed by atoms with E-state index in [2.05, 4.69) is 27.4 Å². The largest absolute Gasteiger partial charge is 0.356 e. The Kier molecular flexibility index (Phi) is 10.4. The monoisotopic (exact) mass is 375 g/mol. The van der Waals surface area contributed by atoms with Gasteiger partial charge in [-0.3, -0.25) is 9.89 Å². The van der Waals surface area contributed by atoms with Crippen LogP contribution in [0.1, 0.15) is 46.0 Å². The minimum Gasteiger partial charge on any atom is -0.356 e. The minimum atomic E-state index is -3.10. The van der Waals surface area contributed by atoms with Gasteiger partial charge in [-0.15, -0.1) is 0 Å². The predicted octanol–water partition coefficient (Wildman–Crippen LogP) is 1.09. The van der Waals surface area contributed by atoms with E-state index in [0.717, 1.165) is 31.5 Å². The molecular formula is C17H37N5O2S. The Balaban J connectivity index is 2.24. The molecule has 1 atom stereocenters. The van der Waals surface area contributed by atoms with Crippen LogP contribution in [0.3, 0.4) is 0 Å². The van der Waals surface area contributed by atoms with Crippen LogP contribution in [0.15, 0.2) is 4.99 Å². The number of nitrogens with one attached hydrogen (secondary N) is 2. The molecule has 148 valence electrons. The number of guanidine groups is 1. The number of rotatable bonds is 10. The van der Waals surface area contributed by atoms with E-state index in [9.17, 15) is 8.42 Å². The molecule has 0 aromatic heterocycles. The third kappa shape index (κ3) is 8.37. The van der Waals surface area contributed by atoms with Crippen LogP contribution < -0.4 is 10.6 Å². The number of hydrogen-bond acceptors (Lipinski definition) is 4. The molecule has 0 amide bonds. The lowest BCUT2D eigenvalue weighted by molar-refractivity contribution is 0.147. The molecule has 0 saturated carbocycles. The van der Waals surface area contributed by atoms with Crippen LogP contribution >= 0.6 is 0 Å². The summed E-state index contributed by atoms with van der Waals surface area (Å²) < 4.78 is 24.6. The molecule has 1 heterocycles. The van der Waals surface area contributed by atoms with E-state index in [1.54, 1.807) is 7.05 Å². The highest BCUT2D eigenvalue weighted by Crippen LogP contribution is 2.18. The molecule has 2 N–H and O–H groups in total. The van der Waals surface area contributed by atoms with Gasteiger partial charge in [0.2, 0.25) is 10.0 Å². The van der Waals surface area contributed by atoms with Crippen molar-refractivity contribution in [2.75, 3.05) is 52.6 Å². The molecule has 0 radical (unpaired) electrons. The van der Waals surface area contributed by atoms with Crippen molar-refractivity contribution in [1.82, 2.24) is 19.8 Å². The van der Waals surface area contributed by atoms with E-state index < -0.39 is 10.0 Å². The first-order chi connectivity index (χ1) is 11.9. The van der Waals surface area contributed by atoms with Crippen LogP contribution in [0.2, 0.25) is 0 Å². The quantitative estimate of drug-likeness (QED) is 0.340. The number of likely N-dealkylation sites (tertiary alicyclic amines) is 1. The standard InChI is InChI=1S/C17H37N5O2S/c1-5-16-10-7-8-13-21(16)15-12-20-17(18-3)19-11-9-14-22(6-2)25(4,23)24/h16H,5-15H2,1-4H3,(H2,18,19,20). The fraction of sp³-hybridized carbons (Fsp3) is 0.941. The Labute approximate surface area is 154 Å². The summed E-state index contributed by atoms with van der Waals surface area (Å²) in [7, 11) is -1.34. The van der Waals surface area contributed by atoms with Crippen molar-refractivity contribution in [2.24, 2.45) is 4.99 Å². The molecule has 1 saturated heterocycles. The van der Waals surface area contributed by atoms with Crippen LogP contribution in [0.25, 0.3) is 0 Å². The molecule has 25 heavy (non-hydrogen) atoms. The number of aliphatic imine (C=N–C) groups is 1. The highest BCUT2D eigenvalue weighted by molar-refractivity contribution is 7.88. The molecule has 0 spiro atoms. The van der Waals surface area contributed by atoms with Gasteiger partial charge in [-0.2, -0.15) is 0 Å². The van der Waals surface area contributed by atoms with Crippen molar-refractivity contribution in [3.05, 3.63) is 0 Å². The second-order valence-corrected chi connectivity index (χ2v) is 8.61. The molecule has 7 nitrogen and oxygen atoms in total. The number of sulfonamides is 1. The SMILES string of the molecule is CCC1CCCCN1CCNC(=NC)NCCCN(CC)S(C)(=O)=O. The maximum Gasteiger partial charge on any atom is 0.211 e. The van der Waals surface area contributed by atoms with Crippen molar-refractivity contribution in [2.45, 2.75) is 52.0 Å².